The second-order valence-corrected chi connectivity index (χ2v) is 6.93. The number of aromatic nitrogens is 2. The Hall–Kier alpha value is -2.54. The molecule has 0 N–H and O–H groups in total. The van der Waals surface area contributed by atoms with Crippen molar-refractivity contribution in [1.82, 2.24) is 19.4 Å². The molecule has 0 aliphatic carbocycles. The van der Waals surface area contributed by atoms with Crippen molar-refractivity contribution in [3.63, 3.8) is 0 Å². The summed E-state index contributed by atoms with van der Waals surface area (Å²) in [5, 5.41) is 0. The quantitative estimate of drug-likeness (QED) is 0.788. The summed E-state index contributed by atoms with van der Waals surface area (Å²) in [5.41, 5.74) is 1.19. The van der Waals surface area contributed by atoms with Gasteiger partial charge in [-0.1, -0.05) is 12.1 Å². The fourth-order valence-corrected chi connectivity index (χ4v) is 3.76. The van der Waals surface area contributed by atoms with Gasteiger partial charge in [-0.05, 0) is 24.1 Å². The zero-order chi connectivity index (χ0) is 18.1. The summed E-state index contributed by atoms with van der Waals surface area (Å²) in [7, 11) is 3.66. The maximum absolute atomic E-state index is 12.2. The van der Waals surface area contributed by atoms with Gasteiger partial charge in [0.25, 0.3) is 0 Å². The first-order chi connectivity index (χ1) is 12.6. The molecular weight excluding hydrogens is 332 g/mol. The number of carbonyl (C=O) groups excluding carboxylic acids is 1. The molecule has 7 nitrogen and oxygen atoms in total. The smallest absolute Gasteiger partial charge is 0.410 e. The molecular formula is C19H24N4O3. The number of hydrogen-bond donors (Lipinski definition) is 0. The maximum Gasteiger partial charge on any atom is 0.410 e. The third kappa shape index (κ3) is 3.26. The van der Waals surface area contributed by atoms with Crippen molar-refractivity contribution < 1.29 is 14.3 Å². The average molecular weight is 356 g/mol. The van der Waals surface area contributed by atoms with E-state index in [4.69, 9.17) is 9.47 Å². The van der Waals surface area contributed by atoms with E-state index in [1.54, 1.807) is 7.11 Å². The van der Waals surface area contributed by atoms with E-state index < -0.39 is 0 Å². The molecule has 2 aliphatic heterocycles. The molecule has 2 saturated heterocycles. The van der Waals surface area contributed by atoms with Crippen LogP contribution in [0.2, 0.25) is 0 Å². The molecule has 1 aromatic carbocycles. The highest BCUT2D eigenvalue weighted by molar-refractivity contribution is 5.71. The van der Waals surface area contributed by atoms with Crippen LogP contribution in [0.5, 0.6) is 5.75 Å². The summed E-state index contributed by atoms with van der Waals surface area (Å²) < 4.78 is 12.8. The minimum absolute atomic E-state index is 0.0429. The Labute approximate surface area is 153 Å². The lowest BCUT2D eigenvalue weighted by molar-refractivity contribution is 0.119. The number of carbonyl (C=O) groups is 1. The predicted molar refractivity (Wildman–Crippen MR) is 95.9 cm³/mol. The fraction of sp³-hybridized carbons (Fsp3) is 0.474. The number of imidazole rings is 1. The van der Waals surface area contributed by atoms with Crippen LogP contribution in [0.25, 0.3) is 0 Å². The molecule has 0 saturated carbocycles. The molecule has 138 valence electrons. The van der Waals surface area contributed by atoms with Crippen molar-refractivity contribution in [1.29, 1.82) is 0 Å². The Morgan fingerprint density at radius 2 is 2.08 bits per heavy atom. The van der Waals surface area contributed by atoms with E-state index in [9.17, 15) is 4.79 Å². The van der Waals surface area contributed by atoms with Gasteiger partial charge >= 0.3 is 6.09 Å². The number of nitrogens with zero attached hydrogens (tertiary/aromatic N) is 4. The fourth-order valence-electron chi connectivity index (χ4n) is 3.76. The zero-order valence-corrected chi connectivity index (χ0v) is 15.2. The van der Waals surface area contributed by atoms with Crippen LogP contribution in [0.3, 0.4) is 0 Å². The van der Waals surface area contributed by atoms with E-state index in [2.05, 4.69) is 9.88 Å². The van der Waals surface area contributed by atoms with Crippen LogP contribution in [0.4, 0.5) is 4.79 Å². The van der Waals surface area contributed by atoms with Crippen LogP contribution in [0.1, 0.15) is 11.4 Å². The number of hydrogen-bond acceptors (Lipinski definition) is 5. The van der Waals surface area contributed by atoms with Gasteiger partial charge in [-0.2, -0.15) is 0 Å². The molecule has 3 heterocycles. The van der Waals surface area contributed by atoms with Crippen molar-refractivity contribution in [2.75, 3.05) is 26.7 Å². The van der Waals surface area contributed by atoms with Gasteiger partial charge < -0.3 is 14.0 Å². The number of methoxy groups -OCH3 is 1. The van der Waals surface area contributed by atoms with Crippen LogP contribution >= 0.6 is 0 Å². The standard InChI is InChI=1S/C19H24N4O3/c1-21-10-8-20-18(21)13-22-11-16-17(12-22)26-19(24)23(16)9-7-14-3-5-15(25-2)6-4-14/h3-6,8,10,16-17H,7,9,11-13H2,1-2H3/t16-,17+/m0/s1. The zero-order valence-electron chi connectivity index (χ0n) is 15.2. The van der Waals surface area contributed by atoms with Crippen LogP contribution in [-0.2, 0) is 24.8 Å². The number of rotatable bonds is 6. The highest BCUT2D eigenvalue weighted by atomic mass is 16.6. The largest absolute Gasteiger partial charge is 0.497 e. The minimum Gasteiger partial charge on any atom is -0.497 e. The van der Waals surface area contributed by atoms with Crippen LogP contribution in [-0.4, -0.2) is 64.3 Å². The molecule has 2 fully saturated rings. The predicted octanol–water partition coefficient (Wildman–Crippen LogP) is 1.68. The molecule has 7 heteroatoms. The number of amides is 1. The van der Waals surface area contributed by atoms with E-state index in [-0.39, 0.29) is 18.2 Å². The molecule has 1 amide bonds. The van der Waals surface area contributed by atoms with Crippen LogP contribution in [0, 0.1) is 0 Å². The van der Waals surface area contributed by atoms with Crippen LogP contribution in [0.15, 0.2) is 36.7 Å². The normalized spacial score (nSPS) is 22.5. The Kier molecular flexibility index (Phi) is 4.55. The highest BCUT2D eigenvalue weighted by Crippen LogP contribution is 2.28. The van der Waals surface area contributed by atoms with E-state index in [0.717, 1.165) is 37.6 Å². The SMILES string of the molecule is COc1ccc(CCN2C(=O)O[C@@H]3CN(Cc4nccn4C)C[C@@H]32)cc1. The maximum atomic E-state index is 12.2. The number of aryl methyl sites for hydroxylation is 1. The summed E-state index contributed by atoms with van der Waals surface area (Å²) in [6.07, 6.45) is 4.34. The third-order valence-electron chi connectivity index (χ3n) is 5.29. The molecule has 0 bridgehead atoms. The number of benzene rings is 1. The number of fused-ring (bicyclic) bond motifs is 1. The van der Waals surface area contributed by atoms with Gasteiger partial charge in [0, 0.05) is 39.1 Å². The lowest BCUT2D eigenvalue weighted by atomic mass is 10.1. The van der Waals surface area contributed by atoms with Gasteiger partial charge in [0.2, 0.25) is 0 Å². The number of likely N-dealkylation sites (tertiary alicyclic amines) is 1. The molecule has 0 spiro atoms. The van der Waals surface area contributed by atoms with Gasteiger partial charge in [0.05, 0.1) is 19.7 Å². The molecule has 2 atom stereocenters. The highest BCUT2D eigenvalue weighted by Gasteiger charge is 2.47. The Morgan fingerprint density at radius 1 is 1.27 bits per heavy atom. The summed E-state index contributed by atoms with van der Waals surface area (Å²) in [6.45, 7) is 3.04. The molecule has 26 heavy (non-hydrogen) atoms. The minimum atomic E-state index is -0.190. The first-order valence-corrected chi connectivity index (χ1v) is 8.93. The van der Waals surface area contributed by atoms with Crippen molar-refractivity contribution in [2.45, 2.75) is 25.1 Å². The Bertz CT molecular complexity index is 773. The summed E-state index contributed by atoms with van der Waals surface area (Å²) in [5.74, 6) is 1.87. The van der Waals surface area contributed by atoms with Crippen molar-refractivity contribution in [2.24, 2.45) is 7.05 Å². The van der Waals surface area contributed by atoms with Gasteiger partial charge in [0.15, 0.2) is 0 Å². The summed E-state index contributed by atoms with van der Waals surface area (Å²) >= 11 is 0. The van der Waals surface area contributed by atoms with Gasteiger partial charge in [-0.3, -0.25) is 9.80 Å². The average Bonchev–Trinajstić information content (AvgIpc) is 3.29. The second-order valence-electron chi connectivity index (χ2n) is 6.93. The first kappa shape index (κ1) is 16.9. The molecule has 4 rings (SSSR count). The summed E-state index contributed by atoms with van der Waals surface area (Å²) in [4.78, 5) is 20.8. The Balaban J connectivity index is 1.36. The van der Waals surface area contributed by atoms with Crippen molar-refractivity contribution >= 4 is 6.09 Å². The lowest BCUT2D eigenvalue weighted by Gasteiger charge is -2.22. The number of ether oxygens (including phenoxy) is 2. The molecule has 2 aliphatic rings. The summed E-state index contributed by atoms with van der Waals surface area (Å²) in [6, 6.07) is 8.11. The molecule has 0 unspecified atom stereocenters. The second kappa shape index (κ2) is 6.99. The molecule has 2 aromatic rings. The van der Waals surface area contributed by atoms with E-state index in [0.29, 0.717) is 6.54 Å². The molecule has 1 aromatic heterocycles. The third-order valence-corrected chi connectivity index (χ3v) is 5.29. The van der Waals surface area contributed by atoms with E-state index in [1.807, 2.05) is 53.2 Å². The van der Waals surface area contributed by atoms with Gasteiger partial charge in [0.1, 0.15) is 17.7 Å². The van der Waals surface area contributed by atoms with Gasteiger partial charge in [-0.15, -0.1) is 0 Å². The first-order valence-electron chi connectivity index (χ1n) is 8.93. The van der Waals surface area contributed by atoms with E-state index >= 15 is 0 Å². The molecule has 0 radical (unpaired) electrons. The van der Waals surface area contributed by atoms with E-state index in [1.165, 1.54) is 5.56 Å². The monoisotopic (exact) mass is 356 g/mol. The van der Waals surface area contributed by atoms with Gasteiger partial charge in [-0.25, -0.2) is 9.78 Å². The Morgan fingerprint density at radius 3 is 2.77 bits per heavy atom. The van der Waals surface area contributed by atoms with Crippen molar-refractivity contribution in [3.05, 3.63) is 48.0 Å². The topological polar surface area (TPSA) is 59.8 Å². The lowest BCUT2D eigenvalue weighted by Crippen LogP contribution is -2.39. The van der Waals surface area contributed by atoms with Crippen molar-refractivity contribution in [3.8, 4) is 5.75 Å². The van der Waals surface area contributed by atoms with Crippen LogP contribution < -0.4 is 4.74 Å².